The third kappa shape index (κ3) is 3.34. The molecule has 4 aliphatic carbocycles. The molecule has 0 aromatic carbocycles. The van der Waals surface area contributed by atoms with E-state index in [2.05, 4.69) is 20.8 Å². The van der Waals surface area contributed by atoms with Gasteiger partial charge >= 0.3 is 5.97 Å². The van der Waals surface area contributed by atoms with Gasteiger partial charge in [-0.2, -0.15) is 0 Å². The van der Waals surface area contributed by atoms with Gasteiger partial charge in [0, 0.05) is 18.9 Å². The van der Waals surface area contributed by atoms with Crippen molar-refractivity contribution < 1.29 is 24.9 Å². The summed E-state index contributed by atoms with van der Waals surface area (Å²) in [6.45, 7) is 7.02. The van der Waals surface area contributed by atoms with Crippen LogP contribution in [-0.2, 0) is 9.53 Å². The van der Waals surface area contributed by atoms with E-state index in [1.807, 2.05) is 7.11 Å². The van der Waals surface area contributed by atoms with E-state index >= 15 is 0 Å². The van der Waals surface area contributed by atoms with Crippen molar-refractivity contribution in [3.63, 3.8) is 0 Å². The largest absolute Gasteiger partial charge is 0.481 e. The van der Waals surface area contributed by atoms with Crippen molar-refractivity contribution in [2.45, 2.75) is 96.9 Å². The number of hydrogen-bond donors (Lipinski definition) is 3. The minimum absolute atomic E-state index is 0.00774. The molecule has 4 rings (SSSR count). The number of carboxylic acid groups (broad SMARTS) is 1. The van der Waals surface area contributed by atoms with E-state index in [1.165, 1.54) is 0 Å². The Labute approximate surface area is 181 Å². The van der Waals surface area contributed by atoms with Gasteiger partial charge in [-0.3, -0.25) is 4.79 Å². The lowest BCUT2D eigenvalue weighted by molar-refractivity contribution is -0.212. The lowest BCUT2D eigenvalue weighted by Crippen LogP contribution is -2.62. The standard InChI is InChI=1S/C25H42O5/c1-14(5-8-22(28)29)17-6-7-18-23-19(13-21(30-4)25(17,18)3)24(2)10-9-16(26)11-15(24)12-20(23)27/h14-21,23,26-27H,5-13H2,1-4H3,(H,28,29)/t14-,15?,16-,17?,18+,19+,20-,21+,23+,24+,25-/m1/s1. The first-order valence-electron chi connectivity index (χ1n) is 12.2. The molecule has 0 heterocycles. The second-order valence-electron chi connectivity index (χ2n) is 11.6. The van der Waals surface area contributed by atoms with E-state index in [0.717, 1.165) is 44.9 Å². The van der Waals surface area contributed by atoms with Gasteiger partial charge in [0.05, 0.1) is 18.3 Å². The molecule has 11 atom stereocenters. The first kappa shape index (κ1) is 22.5. The van der Waals surface area contributed by atoms with Crippen molar-refractivity contribution in [2.24, 2.45) is 46.3 Å². The van der Waals surface area contributed by atoms with Gasteiger partial charge in [-0.05, 0) is 92.3 Å². The Bertz CT molecular complexity index is 651. The molecule has 3 N–H and O–H groups in total. The Hall–Kier alpha value is -0.650. The maximum absolute atomic E-state index is 11.4. The number of rotatable bonds is 5. The summed E-state index contributed by atoms with van der Waals surface area (Å²) in [5, 5.41) is 30.8. The van der Waals surface area contributed by atoms with E-state index in [9.17, 15) is 20.1 Å². The molecule has 0 spiro atoms. The summed E-state index contributed by atoms with van der Waals surface area (Å²) < 4.78 is 6.20. The number of aliphatic hydroxyl groups excluding tert-OH is 2. The Kier molecular flexibility index (Phi) is 6.04. The SMILES string of the molecule is CO[C@H]1C[C@H]2[C@@H]([C@H](O)CC3C[C@H](O)CC[C@@]32C)[C@@H]2CCC([C@H](C)CCC(=O)O)[C@@]12C. The number of carboxylic acids is 1. The molecule has 172 valence electrons. The van der Waals surface area contributed by atoms with Gasteiger partial charge in [-0.25, -0.2) is 0 Å². The summed E-state index contributed by atoms with van der Waals surface area (Å²) >= 11 is 0. The molecule has 0 radical (unpaired) electrons. The molecule has 4 aliphatic rings. The zero-order chi connectivity index (χ0) is 21.8. The van der Waals surface area contributed by atoms with Crippen molar-refractivity contribution >= 4 is 5.97 Å². The minimum atomic E-state index is -0.713. The third-order valence-electron chi connectivity index (χ3n) is 10.6. The topological polar surface area (TPSA) is 87.0 Å². The van der Waals surface area contributed by atoms with Gasteiger partial charge in [0.15, 0.2) is 0 Å². The van der Waals surface area contributed by atoms with Crippen molar-refractivity contribution in [1.82, 2.24) is 0 Å². The number of methoxy groups -OCH3 is 1. The van der Waals surface area contributed by atoms with Gasteiger partial charge in [-0.15, -0.1) is 0 Å². The summed E-state index contributed by atoms with van der Waals surface area (Å²) in [6, 6.07) is 0. The maximum atomic E-state index is 11.4. The van der Waals surface area contributed by atoms with Gasteiger partial charge in [0.2, 0.25) is 0 Å². The van der Waals surface area contributed by atoms with E-state index in [-0.39, 0.29) is 35.6 Å². The fraction of sp³-hybridized carbons (Fsp3) is 0.960. The average molecular weight is 423 g/mol. The molecule has 0 amide bonds. The van der Waals surface area contributed by atoms with Gasteiger partial charge in [-0.1, -0.05) is 20.8 Å². The van der Waals surface area contributed by atoms with Crippen LogP contribution in [0, 0.1) is 46.3 Å². The number of aliphatic carboxylic acids is 1. The van der Waals surface area contributed by atoms with Crippen LogP contribution in [0.4, 0.5) is 0 Å². The summed E-state index contributed by atoms with van der Waals surface area (Å²) in [5.41, 5.74) is 0.167. The smallest absolute Gasteiger partial charge is 0.303 e. The maximum Gasteiger partial charge on any atom is 0.303 e. The molecule has 0 aliphatic heterocycles. The Morgan fingerprint density at radius 3 is 2.50 bits per heavy atom. The fourth-order valence-electron chi connectivity index (χ4n) is 9.01. The van der Waals surface area contributed by atoms with E-state index in [4.69, 9.17) is 4.74 Å². The molecular formula is C25H42O5. The molecule has 4 saturated carbocycles. The Balaban J connectivity index is 1.64. The predicted octanol–water partition coefficient (Wildman–Crippen LogP) is 4.10. The molecule has 0 bridgehead atoms. The lowest BCUT2D eigenvalue weighted by Gasteiger charge is -2.64. The van der Waals surface area contributed by atoms with Crippen molar-refractivity contribution in [3.8, 4) is 0 Å². The van der Waals surface area contributed by atoms with Crippen LogP contribution >= 0.6 is 0 Å². The summed E-state index contributed by atoms with van der Waals surface area (Å²) in [4.78, 5) is 11.1. The first-order valence-corrected chi connectivity index (χ1v) is 12.2. The van der Waals surface area contributed by atoms with Crippen LogP contribution in [-0.4, -0.2) is 46.7 Å². The second kappa shape index (κ2) is 8.04. The van der Waals surface area contributed by atoms with Gasteiger partial charge in [0.25, 0.3) is 0 Å². The van der Waals surface area contributed by atoms with Crippen LogP contribution < -0.4 is 0 Å². The fourth-order valence-corrected chi connectivity index (χ4v) is 9.01. The van der Waals surface area contributed by atoms with Gasteiger partial charge < -0.3 is 20.1 Å². The molecule has 4 fully saturated rings. The Morgan fingerprint density at radius 1 is 1.10 bits per heavy atom. The highest BCUT2D eigenvalue weighted by molar-refractivity contribution is 5.66. The molecule has 0 aromatic heterocycles. The quantitative estimate of drug-likeness (QED) is 0.621. The highest BCUT2D eigenvalue weighted by atomic mass is 16.5. The molecule has 0 saturated heterocycles. The van der Waals surface area contributed by atoms with Crippen molar-refractivity contribution in [2.75, 3.05) is 7.11 Å². The normalized spacial score (nSPS) is 51.5. The predicted molar refractivity (Wildman–Crippen MR) is 115 cm³/mol. The Morgan fingerprint density at radius 2 is 1.83 bits per heavy atom. The highest BCUT2D eigenvalue weighted by Gasteiger charge is 2.66. The molecule has 30 heavy (non-hydrogen) atoms. The van der Waals surface area contributed by atoms with Crippen LogP contribution in [0.1, 0.15) is 78.6 Å². The second-order valence-corrected chi connectivity index (χ2v) is 11.6. The van der Waals surface area contributed by atoms with Gasteiger partial charge in [0.1, 0.15) is 0 Å². The zero-order valence-electron chi connectivity index (χ0n) is 19.2. The number of aliphatic hydroxyl groups is 2. The third-order valence-corrected chi connectivity index (χ3v) is 10.6. The van der Waals surface area contributed by atoms with Crippen LogP contribution in [0.5, 0.6) is 0 Å². The van der Waals surface area contributed by atoms with Crippen molar-refractivity contribution in [1.29, 1.82) is 0 Å². The molecule has 2 unspecified atom stereocenters. The summed E-state index contributed by atoms with van der Waals surface area (Å²) in [5.74, 6) is 1.64. The number of ether oxygens (including phenoxy) is 1. The zero-order valence-corrected chi connectivity index (χ0v) is 19.2. The summed E-state index contributed by atoms with van der Waals surface area (Å²) in [7, 11) is 1.84. The number of hydrogen-bond acceptors (Lipinski definition) is 4. The van der Waals surface area contributed by atoms with Crippen LogP contribution in [0.15, 0.2) is 0 Å². The first-order chi connectivity index (χ1) is 14.1. The van der Waals surface area contributed by atoms with E-state index < -0.39 is 5.97 Å². The van der Waals surface area contributed by atoms with E-state index in [0.29, 0.717) is 41.9 Å². The van der Waals surface area contributed by atoms with Crippen molar-refractivity contribution in [3.05, 3.63) is 0 Å². The molecule has 5 heteroatoms. The van der Waals surface area contributed by atoms with Crippen LogP contribution in [0.25, 0.3) is 0 Å². The van der Waals surface area contributed by atoms with Crippen LogP contribution in [0.3, 0.4) is 0 Å². The summed E-state index contributed by atoms with van der Waals surface area (Å²) in [6.07, 6.45) is 7.35. The van der Waals surface area contributed by atoms with E-state index in [1.54, 1.807) is 0 Å². The minimum Gasteiger partial charge on any atom is -0.481 e. The molecule has 5 nitrogen and oxygen atoms in total. The lowest BCUT2D eigenvalue weighted by atomic mass is 9.43. The highest BCUT2D eigenvalue weighted by Crippen LogP contribution is 2.68. The van der Waals surface area contributed by atoms with Crippen LogP contribution in [0.2, 0.25) is 0 Å². The molecule has 0 aromatic rings. The monoisotopic (exact) mass is 422 g/mol. The number of fused-ring (bicyclic) bond motifs is 5. The average Bonchev–Trinajstić information content (AvgIpc) is 3.04. The number of carbonyl (C=O) groups is 1. The molecular weight excluding hydrogens is 380 g/mol.